The van der Waals surface area contributed by atoms with Crippen LogP contribution in [0.3, 0.4) is 0 Å². The van der Waals surface area contributed by atoms with Crippen LogP contribution in [0.5, 0.6) is 0 Å². The number of rotatable bonds is 3. The summed E-state index contributed by atoms with van der Waals surface area (Å²) in [5, 5.41) is 12.9. The first-order chi connectivity index (χ1) is 12.8. The van der Waals surface area contributed by atoms with E-state index in [1.165, 1.54) is 0 Å². The van der Waals surface area contributed by atoms with Gasteiger partial charge in [-0.05, 0) is 39.0 Å². The molecule has 0 bridgehead atoms. The Morgan fingerprint density at radius 1 is 1.22 bits per heavy atom. The van der Waals surface area contributed by atoms with Crippen LogP contribution in [-0.4, -0.2) is 11.2 Å². The number of carbonyl (C=O) groups excluding carboxylic acids is 1. The van der Waals surface area contributed by atoms with E-state index in [9.17, 15) is 9.90 Å². The number of halogens is 1. The fraction of sp³-hybridized carbons (Fsp3) is 0.190. The second-order valence-electron chi connectivity index (χ2n) is 6.87. The summed E-state index contributed by atoms with van der Waals surface area (Å²) < 4.78 is 7.12. The average molecular weight is 398 g/mol. The number of thiophene rings is 1. The van der Waals surface area contributed by atoms with Gasteiger partial charge in [-0.2, -0.15) is 4.99 Å². The van der Waals surface area contributed by atoms with Crippen molar-refractivity contribution >= 4 is 55.8 Å². The van der Waals surface area contributed by atoms with Gasteiger partial charge in [-0.1, -0.05) is 29.8 Å². The van der Waals surface area contributed by atoms with E-state index in [2.05, 4.69) is 4.99 Å². The fourth-order valence-corrected chi connectivity index (χ4v) is 5.10. The Balaban J connectivity index is 2.13. The predicted octanol–water partition coefficient (Wildman–Crippen LogP) is 6.47. The molecule has 0 spiro atoms. The molecular weight excluding hydrogens is 382 g/mol. The van der Waals surface area contributed by atoms with E-state index in [1.807, 2.05) is 30.3 Å². The van der Waals surface area contributed by atoms with Crippen molar-refractivity contribution in [2.45, 2.75) is 26.4 Å². The zero-order valence-corrected chi connectivity index (χ0v) is 16.5. The molecule has 0 unspecified atom stereocenters. The van der Waals surface area contributed by atoms with E-state index in [0.717, 1.165) is 20.5 Å². The molecule has 136 valence electrons. The van der Waals surface area contributed by atoms with Gasteiger partial charge in [-0.15, -0.1) is 11.3 Å². The van der Waals surface area contributed by atoms with Gasteiger partial charge in [0.2, 0.25) is 6.08 Å². The molecule has 0 aliphatic rings. The van der Waals surface area contributed by atoms with Crippen LogP contribution in [0.15, 0.2) is 45.8 Å². The number of nitrogens with zero attached hydrogens (tertiary/aromatic N) is 1. The van der Waals surface area contributed by atoms with Crippen LogP contribution in [0.2, 0.25) is 5.02 Å². The molecule has 4 nitrogen and oxygen atoms in total. The highest BCUT2D eigenvalue weighted by molar-refractivity contribution is 7.23. The van der Waals surface area contributed by atoms with Gasteiger partial charge in [0.1, 0.15) is 11.3 Å². The topological polar surface area (TPSA) is 62.8 Å². The summed E-state index contributed by atoms with van der Waals surface area (Å²) in [6.07, 6.45) is 1.58. The van der Waals surface area contributed by atoms with Crippen LogP contribution in [0.25, 0.3) is 31.5 Å². The zero-order valence-electron chi connectivity index (χ0n) is 15.0. The number of furan rings is 1. The van der Waals surface area contributed by atoms with E-state index in [-0.39, 0.29) is 0 Å². The third-order valence-corrected chi connectivity index (χ3v) is 6.26. The molecule has 4 aromatic rings. The second kappa shape index (κ2) is 6.32. The van der Waals surface area contributed by atoms with E-state index < -0.39 is 5.60 Å². The Bertz CT molecular complexity index is 1240. The quantitative estimate of drug-likeness (QED) is 0.318. The van der Waals surface area contributed by atoms with Crippen molar-refractivity contribution in [2.24, 2.45) is 4.99 Å². The number of fused-ring (bicyclic) bond motifs is 2. The molecule has 0 aliphatic heterocycles. The molecule has 0 aliphatic carbocycles. The summed E-state index contributed by atoms with van der Waals surface area (Å²) in [4.78, 5) is 15.6. The van der Waals surface area contributed by atoms with Gasteiger partial charge >= 0.3 is 0 Å². The SMILES string of the molecule is Cc1oc2c(-c3sc4ccccc4c3Cl)ccc(N=C=O)c2c1C(C)(C)O. The first kappa shape index (κ1) is 18.0. The number of aryl methyl sites for hydroxylation is 1. The molecule has 6 heteroatoms. The van der Waals surface area contributed by atoms with E-state index in [0.29, 0.717) is 33.0 Å². The minimum atomic E-state index is -1.16. The molecule has 1 N–H and O–H groups in total. The molecule has 2 heterocycles. The molecular formula is C21H16ClNO3S. The van der Waals surface area contributed by atoms with Crippen molar-refractivity contribution in [3.05, 3.63) is 52.7 Å². The first-order valence-corrected chi connectivity index (χ1v) is 9.56. The zero-order chi connectivity index (χ0) is 19.3. The standard InChI is InChI=1S/C21H16ClNO3S/c1-11-17(21(2,3)25)16-14(23-10-24)9-8-13(19(16)26-11)20-18(22)12-6-4-5-7-15(12)27-20/h4-9,25H,1-3H3. The molecule has 0 atom stereocenters. The number of hydrogen-bond acceptors (Lipinski definition) is 5. The fourth-order valence-electron chi connectivity index (χ4n) is 3.55. The van der Waals surface area contributed by atoms with Crippen molar-refractivity contribution < 1.29 is 14.3 Å². The summed E-state index contributed by atoms with van der Waals surface area (Å²) in [6.45, 7) is 5.15. The van der Waals surface area contributed by atoms with Crippen molar-refractivity contribution in [3.8, 4) is 10.4 Å². The lowest BCUT2D eigenvalue weighted by Gasteiger charge is -2.17. The van der Waals surface area contributed by atoms with Crippen LogP contribution < -0.4 is 0 Å². The first-order valence-electron chi connectivity index (χ1n) is 8.37. The molecule has 0 saturated heterocycles. The van der Waals surface area contributed by atoms with Gasteiger partial charge < -0.3 is 9.52 Å². The lowest BCUT2D eigenvalue weighted by atomic mass is 9.93. The maximum absolute atomic E-state index is 10.9. The number of aliphatic imine (C=N–C) groups is 1. The van der Waals surface area contributed by atoms with E-state index >= 15 is 0 Å². The maximum atomic E-state index is 10.9. The highest BCUT2D eigenvalue weighted by Gasteiger charge is 2.29. The molecule has 0 saturated carbocycles. The van der Waals surface area contributed by atoms with E-state index in [4.69, 9.17) is 16.0 Å². The predicted molar refractivity (Wildman–Crippen MR) is 110 cm³/mol. The molecule has 0 fully saturated rings. The summed E-state index contributed by atoms with van der Waals surface area (Å²) in [5.41, 5.74) is 1.21. The Morgan fingerprint density at radius 3 is 2.63 bits per heavy atom. The lowest BCUT2D eigenvalue weighted by Crippen LogP contribution is -2.16. The Morgan fingerprint density at radius 2 is 1.96 bits per heavy atom. The van der Waals surface area contributed by atoms with Crippen LogP contribution in [0.1, 0.15) is 25.2 Å². The Hall–Kier alpha value is -2.43. The van der Waals surface area contributed by atoms with E-state index in [1.54, 1.807) is 44.3 Å². The number of aliphatic hydroxyl groups is 1. The highest BCUT2D eigenvalue weighted by Crippen LogP contribution is 2.48. The van der Waals surface area contributed by atoms with Crippen LogP contribution in [0, 0.1) is 6.92 Å². The summed E-state index contributed by atoms with van der Waals surface area (Å²) >= 11 is 8.23. The smallest absolute Gasteiger partial charge is 0.240 e. The van der Waals surface area contributed by atoms with Crippen LogP contribution in [0.4, 0.5) is 5.69 Å². The molecule has 0 amide bonds. The van der Waals surface area contributed by atoms with Crippen molar-refractivity contribution in [2.75, 3.05) is 0 Å². The van der Waals surface area contributed by atoms with Gasteiger partial charge in [0.05, 0.1) is 26.6 Å². The summed E-state index contributed by atoms with van der Waals surface area (Å²) in [7, 11) is 0. The summed E-state index contributed by atoms with van der Waals surface area (Å²) in [5.74, 6) is 0.574. The van der Waals surface area contributed by atoms with Crippen molar-refractivity contribution in [1.29, 1.82) is 0 Å². The van der Waals surface area contributed by atoms with Gasteiger partial charge in [0.15, 0.2) is 0 Å². The van der Waals surface area contributed by atoms with Crippen molar-refractivity contribution in [1.82, 2.24) is 0 Å². The third kappa shape index (κ3) is 2.80. The summed E-state index contributed by atoms with van der Waals surface area (Å²) in [6, 6.07) is 11.5. The number of isocyanates is 1. The number of benzene rings is 2. The second-order valence-corrected chi connectivity index (χ2v) is 8.30. The molecule has 27 heavy (non-hydrogen) atoms. The van der Waals surface area contributed by atoms with Crippen molar-refractivity contribution in [3.63, 3.8) is 0 Å². The van der Waals surface area contributed by atoms with Crippen LogP contribution >= 0.6 is 22.9 Å². The Labute approximate surface area is 164 Å². The van der Waals surface area contributed by atoms with Gasteiger partial charge in [-0.3, -0.25) is 0 Å². The normalized spacial score (nSPS) is 11.9. The number of hydrogen-bond donors (Lipinski definition) is 1. The minimum Gasteiger partial charge on any atom is -0.460 e. The Kier molecular flexibility index (Phi) is 4.21. The third-order valence-electron chi connectivity index (χ3n) is 4.55. The monoisotopic (exact) mass is 397 g/mol. The molecule has 2 aromatic carbocycles. The minimum absolute atomic E-state index is 0.412. The molecule has 4 rings (SSSR count). The van der Waals surface area contributed by atoms with Gasteiger partial charge in [0.25, 0.3) is 0 Å². The molecule has 2 aromatic heterocycles. The van der Waals surface area contributed by atoms with Gasteiger partial charge in [-0.25, -0.2) is 4.79 Å². The molecule has 0 radical (unpaired) electrons. The average Bonchev–Trinajstić information content (AvgIpc) is 3.13. The lowest BCUT2D eigenvalue weighted by molar-refractivity contribution is 0.0783. The highest BCUT2D eigenvalue weighted by atomic mass is 35.5. The largest absolute Gasteiger partial charge is 0.460 e. The van der Waals surface area contributed by atoms with Gasteiger partial charge in [0, 0.05) is 21.2 Å². The maximum Gasteiger partial charge on any atom is 0.240 e. The van der Waals surface area contributed by atoms with Crippen LogP contribution in [-0.2, 0) is 10.4 Å².